The molecule has 0 saturated carbocycles. The molecule has 0 radical (unpaired) electrons. The van der Waals surface area contributed by atoms with Gasteiger partial charge >= 0.3 is 0 Å². The monoisotopic (exact) mass is 404 g/mol. The first-order valence-corrected chi connectivity index (χ1v) is 10.6. The molecule has 2 unspecified atom stereocenters. The summed E-state index contributed by atoms with van der Waals surface area (Å²) in [6.45, 7) is 4.27. The van der Waals surface area contributed by atoms with Crippen molar-refractivity contribution in [3.63, 3.8) is 0 Å². The topological polar surface area (TPSA) is 73.8 Å². The lowest BCUT2D eigenvalue weighted by Crippen LogP contribution is -2.39. The SMILES string of the molecule is CC1CC(=O)NN=C1c1ccc(NC(=O)CN2CCCC(c3ccccc3)C2)cc1. The van der Waals surface area contributed by atoms with Crippen molar-refractivity contribution in [3.05, 3.63) is 65.7 Å². The van der Waals surface area contributed by atoms with Crippen LogP contribution in [0.3, 0.4) is 0 Å². The fourth-order valence-corrected chi connectivity index (χ4v) is 4.33. The van der Waals surface area contributed by atoms with E-state index in [1.165, 1.54) is 12.0 Å². The molecule has 0 aliphatic carbocycles. The molecule has 2 aromatic rings. The zero-order chi connectivity index (χ0) is 20.9. The molecule has 2 aromatic carbocycles. The summed E-state index contributed by atoms with van der Waals surface area (Å²) < 4.78 is 0. The molecule has 156 valence electrons. The van der Waals surface area contributed by atoms with E-state index in [0.717, 1.165) is 36.5 Å². The van der Waals surface area contributed by atoms with E-state index in [2.05, 4.69) is 45.0 Å². The quantitative estimate of drug-likeness (QED) is 0.803. The summed E-state index contributed by atoms with van der Waals surface area (Å²) in [5.74, 6) is 0.524. The van der Waals surface area contributed by atoms with Crippen molar-refractivity contribution in [1.29, 1.82) is 0 Å². The zero-order valence-electron chi connectivity index (χ0n) is 17.3. The highest BCUT2D eigenvalue weighted by Gasteiger charge is 2.23. The summed E-state index contributed by atoms with van der Waals surface area (Å²) in [6.07, 6.45) is 2.72. The van der Waals surface area contributed by atoms with Gasteiger partial charge in [0.25, 0.3) is 0 Å². The van der Waals surface area contributed by atoms with Gasteiger partial charge in [0.1, 0.15) is 0 Å². The van der Waals surface area contributed by atoms with Crippen LogP contribution >= 0.6 is 0 Å². The minimum atomic E-state index is -0.0534. The Hall–Kier alpha value is -2.99. The van der Waals surface area contributed by atoms with Crippen LogP contribution in [0.15, 0.2) is 59.7 Å². The second kappa shape index (κ2) is 9.22. The maximum absolute atomic E-state index is 12.6. The van der Waals surface area contributed by atoms with Crippen molar-refractivity contribution in [2.75, 3.05) is 25.0 Å². The molecule has 0 aromatic heterocycles. The van der Waals surface area contributed by atoms with Gasteiger partial charge in [0.05, 0.1) is 12.3 Å². The Balaban J connectivity index is 1.32. The van der Waals surface area contributed by atoms with Crippen LogP contribution in [0.5, 0.6) is 0 Å². The smallest absolute Gasteiger partial charge is 0.240 e. The lowest BCUT2D eigenvalue weighted by molar-refractivity contribution is -0.122. The molecule has 2 aliphatic rings. The van der Waals surface area contributed by atoms with Crippen LogP contribution in [-0.4, -0.2) is 42.1 Å². The van der Waals surface area contributed by atoms with Gasteiger partial charge in [-0.15, -0.1) is 0 Å². The van der Waals surface area contributed by atoms with Crippen molar-refractivity contribution in [2.45, 2.75) is 32.1 Å². The number of benzene rings is 2. The fraction of sp³-hybridized carbons (Fsp3) is 0.375. The molecule has 0 spiro atoms. The predicted molar refractivity (Wildman–Crippen MR) is 118 cm³/mol. The maximum Gasteiger partial charge on any atom is 0.240 e. The van der Waals surface area contributed by atoms with Crippen LogP contribution in [0, 0.1) is 5.92 Å². The van der Waals surface area contributed by atoms with Crippen molar-refractivity contribution >= 4 is 23.2 Å². The van der Waals surface area contributed by atoms with Gasteiger partial charge < -0.3 is 5.32 Å². The van der Waals surface area contributed by atoms with Gasteiger partial charge in [-0.05, 0) is 48.6 Å². The van der Waals surface area contributed by atoms with Crippen LogP contribution < -0.4 is 10.7 Å². The number of hydrogen-bond acceptors (Lipinski definition) is 4. The van der Waals surface area contributed by atoms with E-state index in [4.69, 9.17) is 0 Å². The van der Waals surface area contributed by atoms with Gasteiger partial charge in [-0.1, -0.05) is 49.4 Å². The van der Waals surface area contributed by atoms with Crippen LogP contribution in [0.4, 0.5) is 5.69 Å². The highest BCUT2D eigenvalue weighted by Crippen LogP contribution is 2.26. The number of nitrogens with zero attached hydrogens (tertiary/aromatic N) is 2. The molecule has 6 nitrogen and oxygen atoms in total. The summed E-state index contributed by atoms with van der Waals surface area (Å²) in [4.78, 5) is 26.2. The molecule has 2 heterocycles. The fourth-order valence-electron chi connectivity index (χ4n) is 4.33. The molecule has 4 rings (SSSR count). The first-order chi connectivity index (χ1) is 14.6. The van der Waals surface area contributed by atoms with E-state index in [1.807, 2.05) is 37.3 Å². The Morgan fingerprint density at radius 1 is 1.17 bits per heavy atom. The molecule has 30 heavy (non-hydrogen) atoms. The Bertz CT molecular complexity index is 924. The van der Waals surface area contributed by atoms with Crippen molar-refractivity contribution < 1.29 is 9.59 Å². The number of rotatable bonds is 5. The molecule has 2 atom stereocenters. The van der Waals surface area contributed by atoms with Crippen molar-refractivity contribution in [2.24, 2.45) is 11.0 Å². The van der Waals surface area contributed by atoms with E-state index < -0.39 is 0 Å². The van der Waals surface area contributed by atoms with Crippen LogP contribution in [0.25, 0.3) is 0 Å². The number of piperidine rings is 1. The minimum Gasteiger partial charge on any atom is -0.325 e. The van der Waals surface area contributed by atoms with E-state index >= 15 is 0 Å². The molecule has 2 N–H and O–H groups in total. The predicted octanol–water partition coefficient (Wildman–Crippen LogP) is 3.36. The average molecular weight is 405 g/mol. The number of hydrazone groups is 1. The highest BCUT2D eigenvalue weighted by molar-refractivity contribution is 6.06. The molecular formula is C24H28N4O2. The summed E-state index contributed by atoms with van der Waals surface area (Å²) in [5, 5.41) is 7.19. The van der Waals surface area contributed by atoms with Gasteiger partial charge in [0, 0.05) is 24.6 Å². The van der Waals surface area contributed by atoms with Crippen molar-refractivity contribution in [1.82, 2.24) is 10.3 Å². The van der Waals surface area contributed by atoms with Gasteiger partial charge in [-0.2, -0.15) is 5.10 Å². The normalized spacial score (nSPS) is 22.2. The lowest BCUT2D eigenvalue weighted by Gasteiger charge is -2.32. The molecular weight excluding hydrogens is 376 g/mol. The number of likely N-dealkylation sites (tertiary alicyclic amines) is 1. The molecule has 1 saturated heterocycles. The van der Waals surface area contributed by atoms with Gasteiger partial charge in [0.15, 0.2) is 0 Å². The third-order valence-electron chi connectivity index (χ3n) is 5.87. The number of carbonyl (C=O) groups excluding carboxylic acids is 2. The number of nitrogens with one attached hydrogen (secondary N) is 2. The number of anilines is 1. The second-order valence-electron chi connectivity index (χ2n) is 8.25. The standard InChI is InChI=1S/C24H28N4O2/c1-17-14-22(29)26-27-24(17)19-9-11-21(12-10-19)25-23(30)16-28-13-5-8-20(15-28)18-6-3-2-4-7-18/h2-4,6-7,9-12,17,20H,5,8,13-16H2,1H3,(H,25,30)(H,26,29). The van der Waals surface area contributed by atoms with Crippen LogP contribution in [0.2, 0.25) is 0 Å². The number of hydrogen-bond donors (Lipinski definition) is 2. The van der Waals surface area contributed by atoms with Gasteiger partial charge in [-0.3, -0.25) is 14.5 Å². The van der Waals surface area contributed by atoms with Gasteiger partial charge in [0.2, 0.25) is 11.8 Å². The Labute approximate surface area is 177 Å². The zero-order valence-corrected chi connectivity index (χ0v) is 17.3. The van der Waals surface area contributed by atoms with E-state index in [9.17, 15) is 9.59 Å². The van der Waals surface area contributed by atoms with E-state index in [1.54, 1.807) is 0 Å². The largest absolute Gasteiger partial charge is 0.325 e. The summed E-state index contributed by atoms with van der Waals surface area (Å²) in [6, 6.07) is 18.2. The molecule has 0 bridgehead atoms. The van der Waals surface area contributed by atoms with Crippen LogP contribution in [0.1, 0.15) is 43.2 Å². The first-order valence-electron chi connectivity index (χ1n) is 10.6. The third kappa shape index (κ3) is 4.94. The summed E-state index contributed by atoms with van der Waals surface area (Å²) in [7, 11) is 0. The Morgan fingerprint density at radius 2 is 1.93 bits per heavy atom. The Kier molecular flexibility index (Phi) is 6.23. The summed E-state index contributed by atoms with van der Waals surface area (Å²) in [5.41, 5.74) is 6.50. The molecule has 1 fully saturated rings. The van der Waals surface area contributed by atoms with Crippen molar-refractivity contribution in [3.8, 4) is 0 Å². The van der Waals surface area contributed by atoms with Crippen LogP contribution in [-0.2, 0) is 9.59 Å². The first kappa shape index (κ1) is 20.3. The van der Waals surface area contributed by atoms with E-state index in [-0.39, 0.29) is 17.7 Å². The maximum atomic E-state index is 12.6. The van der Waals surface area contributed by atoms with Gasteiger partial charge in [-0.25, -0.2) is 5.43 Å². The number of amides is 2. The summed E-state index contributed by atoms with van der Waals surface area (Å²) >= 11 is 0. The minimum absolute atomic E-state index is 0.00657. The molecule has 2 aliphatic heterocycles. The Morgan fingerprint density at radius 3 is 2.67 bits per heavy atom. The molecule has 2 amide bonds. The molecule has 6 heteroatoms. The average Bonchev–Trinajstić information content (AvgIpc) is 2.75. The lowest BCUT2D eigenvalue weighted by atomic mass is 9.91. The third-order valence-corrected chi connectivity index (χ3v) is 5.87. The highest BCUT2D eigenvalue weighted by atomic mass is 16.2. The van der Waals surface area contributed by atoms with E-state index in [0.29, 0.717) is 18.9 Å². The number of carbonyl (C=O) groups is 2. The second-order valence-corrected chi connectivity index (χ2v) is 8.25.